The fraction of sp³-hybridized carbons (Fsp3) is 0.356. The number of nitrogens with two attached hydrogens (primary N) is 1. The number of aldehydes is 1. The van der Waals surface area contributed by atoms with E-state index in [0.29, 0.717) is 88.9 Å². The molecule has 10 heterocycles. The standard InChI is InChI=1S/C22H21FN6O5.C11H9FN2O2.C11H12N4O4.CH3I.2H2S.V/c1-28-19(31)3-2-16-20(28)14(15(23)8-25-16)4-5-24-7-13-10-29(22(32)34-13)18-9-26-21-17(27-18)6-12(30)11-33-21;1-14-10(16)3-2-9-11(14)7(4-5-15)8(12)6-13-9;12-2-7-4-15(11(17)19-7)9-3-13-10-8(14-9)1-6(16)5-18-10;1-2;;;/h2-3,8-9,13,24H,4-7,10-11H2,1H3;2-3,5-6H,4H2,1H3;3,7H,1-2,4-5,12H2;1H3;2*1H2;/t13-;;7-;;;;/m0.0..../s1. The van der Waals surface area contributed by atoms with Crippen molar-refractivity contribution in [2.24, 2.45) is 19.8 Å². The zero-order valence-corrected chi connectivity index (χ0v) is 45.3. The summed E-state index contributed by atoms with van der Waals surface area (Å²) >= 11 is 2.15. The first-order valence-electron chi connectivity index (χ1n) is 21.7. The average Bonchev–Trinajstić information content (AvgIpc) is 3.95. The van der Waals surface area contributed by atoms with Crippen LogP contribution >= 0.6 is 49.6 Å². The number of carbonyl (C=O) groups is 5. The van der Waals surface area contributed by atoms with Gasteiger partial charge < -0.3 is 43.9 Å². The maximum absolute atomic E-state index is 14.5. The summed E-state index contributed by atoms with van der Waals surface area (Å²) in [7, 11) is 3.11. The Labute approximate surface area is 459 Å². The van der Waals surface area contributed by atoms with Crippen LogP contribution in [0.1, 0.15) is 22.5 Å². The van der Waals surface area contributed by atoms with E-state index in [2.05, 4.69) is 57.8 Å². The number of hydrogen-bond acceptors (Lipinski definition) is 19. The molecule has 4 aliphatic heterocycles. The van der Waals surface area contributed by atoms with Gasteiger partial charge in [-0.1, -0.05) is 22.6 Å². The van der Waals surface area contributed by atoms with Gasteiger partial charge >= 0.3 is 12.2 Å². The van der Waals surface area contributed by atoms with Gasteiger partial charge in [-0.05, 0) is 30.0 Å². The first-order valence-corrected chi connectivity index (χ1v) is 23.8. The van der Waals surface area contributed by atoms with Crippen LogP contribution in [0.4, 0.5) is 30.0 Å². The first-order chi connectivity index (χ1) is 34.2. The molecule has 0 aromatic carbocycles. The van der Waals surface area contributed by atoms with E-state index in [1.54, 1.807) is 13.1 Å². The van der Waals surface area contributed by atoms with Crippen LogP contribution in [0.3, 0.4) is 0 Å². The van der Waals surface area contributed by atoms with Crippen LogP contribution in [-0.4, -0.2) is 132 Å². The molecule has 74 heavy (non-hydrogen) atoms. The Balaban J connectivity index is 0.000000252. The van der Waals surface area contributed by atoms with Gasteiger partial charge in [0.2, 0.25) is 11.8 Å². The number of nitrogens with zero attached hydrogens (tertiary/aromatic N) is 10. The fourth-order valence-electron chi connectivity index (χ4n) is 7.76. The number of rotatable bonds is 10. The van der Waals surface area contributed by atoms with Crippen molar-refractivity contribution in [1.82, 2.24) is 44.4 Å². The number of anilines is 2. The second-order valence-corrected chi connectivity index (χ2v) is 15.9. The molecule has 0 saturated carbocycles. The Morgan fingerprint density at radius 3 is 1.64 bits per heavy atom. The normalized spacial score (nSPS) is 16.1. The third-order valence-electron chi connectivity index (χ3n) is 11.2. The van der Waals surface area contributed by atoms with Gasteiger partial charge in [-0.3, -0.25) is 38.9 Å². The van der Waals surface area contributed by atoms with Crippen molar-refractivity contribution in [1.29, 1.82) is 0 Å². The molecular formula is C45H49F2IN12O11S2V. The number of halogens is 3. The van der Waals surface area contributed by atoms with Gasteiger partial charge in [-0.2, -0.15) is 27.0 Å². The zero-order chi connectivity index (χ0) is 50.9. The molecule has 29 heteroatoms. The van der Waals surface area contributed by atoms with Gasteiger partial charge in [0.1, 0.15) is 54.7 Å². The SMILES string of the molecule is CI.Cn1c(=O)ccc2ncc(F)c(CC=O)c21.Cn1c(=O)ccc2ncc(F)c(CCNC[C@H]3CN(c4cnc5c(n4)CC(=O)CO5)C(=O)O3)c21.NC[C@H]1CN(c2cnc3c(n2)CC(=O)CO3)C(=O)O1.S.S.[V]. The number of ether oxygens (including phenoxy) is 4. The third-order valence-corrected chi connectivity index (χ3v) is 11.2. The second kappa shape index (κ2) is 27.4. The second-order valence-electron chi connectivity index (χ2n) is 15.9. The topological polar surface area (TPSA) is 288 Å². The van der Waals surface area contributed by atoms with Crippen LogP contribution in [0, 0.1) is 11.6 Å². The minimum Gasteiger partial charge on any atom is -0.468 e. The third kappa shape index (κ3) is 13.8. The van der Waals surface area contributed by atoms with E-state index in [0.717, 1.165) is 12.4 Å². The number of hydrogen-bond donors (Lipinski definition) is 2. The van der Waals surface area contributed by atoms with E-state index in [9.17, 15) is 42.3 Å². The van der Waals surface area contributed by atoms with Crippen molar-refractivity contribution < 1.29 is 70.3 Å². The van der Waals surface area contributed by atoms with Crippen molar-refractivity contribution in [3.63, 3.8) is 0 Å². The summed E-state index contributed by atoms with van der Waals surface area (Å²) in [4.78, 5) is 110. The molecule has 6 aromatic heterocycles. The Bertz CT molecular complexity index is 3180. The fourth-order valence-corrected chi connectivity index (χ4v) is 7.76. The molecule has 0 bridgehead atoms. The Morgan fingerprint density at radius 2 is 1.16 bits per heavy atom. The van der Waals surface area contributed by atoms with E-state index < -0.39 is 29.9 Å². The summed E-state index contributed by atoms with van der Waals surface area (Å²) in [5.41, 5.74) is 8.27. The summed E-state index contributed by atoms with van der Waals surface area (Å²) in [5, 5.41) is 3.17. The smallest absolute Gasteiger partial charge is 0.416 e. The van der Waals surface area contributed by atoms with E-state index >= 15 is 0 Å². The monoisotopic (exact) mass is 1210 g/mol. The summed E-state index contributed by atoms with van der Waals surface area (Å²) < 4.78 is 51.5. The molecule has 0 unspecified atom stereocenters. The van der Waals surface area contributed by atoms with E-state index in [1.165, 1.54) is 56.6 Å². The molecular weight excluding hydrogens is 1160 g/mol. The van der Waals surface area contributed by atoms with Crippen molar-refractivity contribution in [3.8, 4) is 11.8 Å². The summed E-state index contributed by atoms with van der Waals surface area (Å²) in [6, 6.07) is 5.85. The first kappa shape index (κ1) is 60.4. The van der Waals surface area contributed by atoms with Crippen LogP contribution in [0.15, 0.2) is 58.6 Å². The number of alkyl halides is 1. The molecule has 23 nitrogen and oxygen atoms in total. The van der Waals surface area contributed by atoms with Crippen LogP contribution in [0.5, 0.6) is 11.8 Å². The Morgan fingerprint density at radius 1 is 0.703 bits per heavy atom. The van der Waals surface area contributed by atoms with Crippen LogP contribution in [0.2, 0.25) is 0 Å². The van der Waals surface area contributed by atoms with Crippen molar-refractivity contribution in [3.05, 3.63) is 104 Å². The Kier molecular flexibility index (Phi) is 22.3. The molecule has 6 aromatic rings. The van der Waals surface area contributed by atoms with Gasteiger partial charge in [0.25, 0.3) is 11.1 Å². The number of nitrogens with one attached hydrogen (secondary N) is 1. The van der Waals surface area contributed by atoms with Crippen LogP contribution < -0.4 is 41.4 Å². The minimum atomic E-state index is -0.569. The molecule has 4 aliphatic rings. The predicted molar refractivity (Wildman–Crippen MR) is 278 cm³/mol. The quantitative estimate of drug-likeness (QED) is 0.0857. The molecule has 2 saturated heterocycles. The van der Waals surface area contributed by atoms with Gasteiger partial charge in [-0.25, -0.2) is 38.3 Å². The Hall–Kier alpha value is -6.18. The van der Waals surface area contributed by atoms with Crippen molar-refractivity contribution in [2.45, 2.75) is 37.9 Å². The molecule has 0 aliphatic carbocycles. The number of fused-ring (bicyclic) bond motifs is 4. The van der Waals surface area contributed by atoms with Crippen LogP contribution in [-0.2, 0) is 82.2 Å². The molecule has 10 rings (SSSR count). The largest absolute Gasteiger partial charge is 0.468 e. The number of cyclic esters (lactones) is 2. The summed E-state index contributed by atoms with van der Waals surface area (Å²) in [6.07, 6.45) is 4.31. The molecule has 2 fully saturated rings. The van der Waals surface area contributed by atoms with Crippen molar-refractivity contribution in [2.75, 3.05) is 60.7 Å². The maximum atomic E-state index is 14.5. The molecule has 0 spiro atoms. The summed E-state index contributed by atoms with van der Waals surface area (Å²) in [6.45, 7) is 1.55. The van der Waals surface area contributed by atoms with Gasteiger partial charge in [0.05, 0.1) is 72.8 Å². The zero-order valence-electron chi connectivity index (χ0n) is 39.8. The number of Topliss-reactive ketones (excluding diaryl/α,β-unsaturated/α-hetero) is 2. The minimum absolute atomic E-state index is 0. The summed E-state index contributed by atoms with van der Waals surface area (Å²) in [5.74, 6) is 0.0390. The number of carbonyl (C=O) groups excluding carboxylic acids is 5. The number of amides is 2. The van der Waals surface area contributed by atoms with Crippen molar-refractivity contribution >= 4 is 113 Å². The molecule has 1 radical (unpaired) electrons. The molecule has 3 N–H and O–H groups in total. The maximum Gasteiger partial charge on any atom is 0.416 e. The average molecular weight is 1210 g/mol. The van der Waals surface area contributed by atoms with E-state index in [-0.39, 0.29) is 131 Å². The molecule has 2 atom stereocenters. The number of aromatic nitrogens is 8. The number of ketones is 2. The van der Waals surface area contributed by atoms with Gasteiger partial charge in [0.15, 0.2) is 23.2 Å². The molecule has 2 amide bonds. The van der Waals surface area contributed by atoms with E-state index in [1.807, 2.05) is 4.93 Å². The van der Waals surface area contributed by atoms with Gasteiger partial charge in [0, 0.05) is 75.4 Å². The number of pyridine rings is 4. The van der Waals surface area contributed by atoms with Crippen LogP contribution in [0.25, 0.3) is 22.1 Å². The molecule has 393 valence electrons. The van der Waals surface area contributed by atoms with Gasteiger partial charge in [-0.15, -0.1) is 0 Å². The number of aryl methyl sites for hydroxylation is 2. The van der Waals surface area contributed by atoms with E-state index in [4.69, 9.17) is 24.7 Å². The predicted octanol–water partition coefficient (Wildman–Crippen LogP) is 1.88.